The first kappa shape index (κ1) is 21.0. The van der Waals surface area contributed by atoms with Gasteiger partial charge in [-0.05, 0) is 44.0 Å². The number of hydrogen-bond donors (Lipinski definition) is 1. The lowest BCUT2D eigenvalue weighted by Crippen LogP contribution is -2.37. The van der Waals surface area contributed by atoms with Gasteiger partial charge in [0.15, 0.2) is 5.13 Å². The van der Waals surface area contributed by atoms with Crippen molar-refractivity contribution in [2.45, 2.75) is 20.8 Å². The van der Waals surface area contributed by atoms with E-state index in [1.807, 2.05) is 50.4 Å². The molecule has 0 aliphatic rings. The van der Waals surface area contributed by atoms with Crippen molar-refractivity contribution in [2.75, 3.05) is 22.4 Å². The molecule has 6 nitrogen and oxygen atoms in total. The Kier molecular flexibility index (Phi) is 6.04. The molecular formula is C21H23N3O3S2. The van der Waals surface area contributed by atoms with E-state index in [0.717, 1.165) is 38.5 Å². The molecule has 2 aromatic carbocycles. The lowest BCUT2D eigenvalue weighted by atomic mass is 10.0. The van der Waals surface area contributed by atoms with E-state index in [4.69, 9.17) is 0 Å². The van der Waals surface area contributed by atoms with Gasteiger partial charge in [-0.1, -0.05) is 35.9 Å². The highest BCUT2D eigenvalue weighted by Crippen LogP contribution is 2.28. The number of para-hydroxylation sites is 1. The fourth-order valence-corrected chi connectivity index (χ4v) is 4.62. The molecular weight excluding hydrogens is 406 g/mol. The molecule has 3 aromatic rings. The van der Waals surface area contributed by atoms with Crippen molar-refractivity contribution in [1.82, 2.24) is 4.98 Å². The standard InChI is InChI=1S/C21H23N3O3S2/c1-14-9-10-15(2)17(11-14)18-13-28-21(22-18)23-20(25)12-24(29(4,26)27)19-8-6-5-7-16(19)3/h5-11,13H,12H2,1-4H3,(H,22,23,25). The Bertz CT molecular complexity index is 1150. The summed E-state index contributed by atoms with van der Waals surface area (Å²) >= 11 is 1.31. The number of rotatable bonds is 6. The summed E-state index contributed by atoms with van der Waals surface area (Å²) in [5, 5.41) is 5.04. The van der Waals surface area contributed by atoms with E-state index in [0.29, 0.717) is 10.8 Å². The van der Waals surface area contributed by atoms with Crippen LogP contribution in [0.4, 0.5) is 10.8 Å². The van der Waals surface area contributed by atoms with Gasteiger partial charge in [-0.15, -0.1) is 11.3 Å². The van der Waals surface area contributed by atoms with Crippen molar-refractivity contribution >= 4 is 38.1 Å². The van der Waals surface area contributed by atoms with E-state index >= 15 is 0 Å². The van der Waals surface area contributed by atoms with Gasteiger partial charge in [-0.2, -0.15) is 0 Å². The SMILES string of the molecule is Cc1ccc(C)c(-c2csc(NC(=O)CN(c3ccccc3C)S(C)(=O)=O)n2)c1. The second-order valence-corrected chi connectivity index (χ2v) is 9.73. The molecule has 1 amide bonds. The van der Waals surface area contributed by atoms with Crippen LogP contribution in [0.5, 0.6) is 0 Å². The van der Waals surface area contributed by atoms with Crippen LogP contribution in [0.2, 0.25) is 0 Å². The van der Waals surface area contributed by atoms with Gasteiger partial charge in [0, 0.05) is 10.9 Å². The quantitative estimate of drug-likeness (QED) is 0.639. The van der Waals surface area contributed by atoms with Crippen molar-refractivity contribution in [2.24, 2.45) is 0 Å². The van der Waals surface area contributed by atoms with Gasteiger partial charge in [0.25, 0.3) is 0 Å². The number of benzene rings is 2. The fourth-order valence-electron chi connectivity index (χ4n) is 2.98. The largest absolute Gasteiger partial charge is 0.300 e. The van der Waals surface area contributed by atoms with E-state index in [1.165, 1.54) is 11.3 Å². The molecule has 1 heterocycles. The highest BCUT2D eigenvalue weighted by Gasteiger charge is 2.22. The minimum absolute atomic E-state index is 0.317. The van der Waals surface area contributed by atoms with Crippen LogP contribution in [0.1, 0.15) is 16.7 Å². The summed E-state index contributed by atoms with van der Waals surface area (Å²) in [7, 11) is -3.62. The molecule has 1 N–H and O–H groups in total. The number of anilines is 2. The maximum Gasteiger partial charge on any atom is 0.246 e. The number of hydrogen-bond acceptors (Lipinski definition) is 5. The average Bonchev–Trinajstić information content (AvgIpc) is 3.10. The Morgan fingerprint density at radius 1 is 1.10 bits per heavy atom. The van der Waals surface area contributed by atoms with E-state index < -0.39 is 15.9 Å². The van der Waals surface area contributed by atoms with Gasteiger partial charge in [-0.3, -0.25) is 9.10 Å². The minimum Gasteiger partial charge on any atom is -0.300 e. The number of nitrogens with zero attached hydrogens (tertiary/aromatic N) is 2. The molecule has 152 valence electrons. The summed E-state index contributed by atoms with van der Waals surface area (Å²) in [6.45, 7) is 5.52. The number of amides is 1. The van der Waals surface area contributed by atoms with Gasteiger partial charge in [0.05, 0.1) is 17.6 Å². The molecule has 1 aromatic heterocycles. The first-order valence-corrected chi connectivity index (χ1v) is 11.7. The molecule has 0 bridgehead atoms. The average molecular weight is 430 g/mol. The predicted octanol–water partition coefficient (Wildman–Crippen LogP) is 4.14. The molecule has 8 heteroatoms. The summed E-state index contributed by atoms with van der Waals surface area (Å²) < 4.78 is 25.6. The number of carbonyl (C=O) groups is 1. The third-order valence-electron chi connectivity index (χ3n) is 4.49. The summed E-state index contributed by atoms with van der Waals surface area (Å²) in [5.74, 6) is -0.444. The Balaban J connectivity index is 1.79. The van der Waals surface area contributed by atoms with Crippen molar-refractivity contribution < 1.29 is 13.2 Å². The van der Waals surface area contributed by atoms with E-state index in [2.05, 4.69) is 16.4 Å². The third kappa shape index (κ3) is 5.02. The fraction of sp³-hybridized carbons (Fsp3) is 0.238. The van der Waals surface area contributed by atoms with Crippen LogP contribution < -0.4 is 9.62 Å². The topological polar surface area (TPSA) is 79.4 Å². The smallest absolute Gasteiger partial charge is 0.246 e. The van der Waals surface area contributed by atoms with Crippen LogP contribution in [0.3, 0.4) is 0 Å². The zero-order chi connectivity index (χ0) is 21.2. The van der Waals surface area contributed by atoms with Gasteiger partial charge in [0.2, 0.25) is 15.9 Å². The highest BCUT2D eigenvalue weighted by molar-refractivity contribution is 7.92. The summed E-state index contributed by atoms with van der Waals surface area (Å²) in [6, 6.07) is 13.2. The minimum atomic E-state index is -3.62. The molecule has 0 radical (unpaired) electrons. The number of carbonyl (C=O) groups excluding carboxylic acids is 1. The van der Waals surface area contributed by atoms with E-state index in [-0.39, 0.29) is 6.54 Å². The maximum atomic E-state index is 12.6. The summed E-state index contributed by atoms with van der Waals surface area (Å²) in [5.41, 5.74) is 5.29. The molecule has 0 saturated carbocycles. The lowest BCUT2D eigenvalue weighted by molar-refractivity contribution is -0.114. The number of sulfonamides is 1. The summed E-state index contributed by atoms with van der Waals surface area (Å²) in [6.07, 6.45) is 1.09. The molecule has 0 saturated heterocycles. The molecule has 0 unspecified atom stereocenters. The van der Waals surface area contributed by atoms with Crippen molar-refractivity contribution in [1.29, 1.82) is 0 Å². The third-order valence-corrected chi connectivity index (χ3v) is 6.38. The first-order valence-electron chi connectivity index (χ1n) is 9.01. The maximum absolute atomic E-state index is 12.6. The normalized spacial score (nSPS) is 11.3. The van der Waals surface area contributed by atoms with Crippen molar-refractivity contribution in [3.63, 3.8) is 0 Å². The Labute approximate surface area is 175 Å². The van der Waals surface area contributed by atoms with Crippen LogP contribution in [0.25, 0.3) is 11.3 Å². The van der Waals surface area contributed by atoms with Crippen LogP contribution in [0, 0.1) is 20.8 Å². The van der Waals surface area contributed by atoms with E-state index in [1.54, 1.807) is 12.1 Å². The van der Waals surface area contributed by atoms with Crippen molar-refractivity contribution in [3.05, 3.63) is 64.5 Å². The first-order chi connectivity index (χ1) is 13.6. The van der Waals surface area contributed by atoms with Crippen molar-refractivity contribution in [3.8, 4) is 11.3 Å². The molecule has 0 atom stereocenters. The number of nitrogens with one attached hydrogen (secondary N) is 1. The molecule has 0 fully saturated rings. The molecule has 0 aliphatic carbocycles. The number of thiazole rings is 1. The lowest BCUT2D eigenvalue weighted by Gasteiger charge is -2.23. The molecule has 29 heavy (non-hydrogen) atoms. The van der Waals surface area contributed by atoms with Crippen LogP contribution >= 0.6 is 11.3 Å². The van der Waals surface area contributed by atoms with Crippen LogP contribution in [-0.2, 0) is 14.8 Å². The van der Waals surface area contributed by atoms with Gasteiger partial charge < -0.3 is 5.32 Å². The summed E-state index contributed by atoms with van der Waals surface area (Å²) in [4.78, 5) is 17.1. The van der Waals surface area contributed by atoms with Crippen LogP contribution in [-0.4, -0.2) is 32.1 Å². The van der Waals surface area contributed by atoms with Gasteiger partial charge in [0.1, 0.15) is 6.54 Å². The Hall–Kier alpha value is -2.71. The molecule has 0 aliphatic heterocycles. The Morgan fingerprint density at radius 3 is 2.52 bits per heavy atom. The molecule has 3 rings (SSSR count). The molecule has 0 spiro atoms. The Morgan fingerprint density at radius 2 is 1.83 bits per heavy atom. The zero-order valence-electron chi connectivity index (χ0n) is 16.8. The van der Waals surface area contributed by atoms with Gasteiger partial charge in [-0.25, -0.2) is 13.4 Å². The second-order valence-electron chi connectivity index (χ2n) is 6.96. The number of aromatic nitrogens is 1. The van der Waals surface area contributed by atoms with Crippen LogP contribution in [0.15, 0.2) is 47.8 Å². The number of aryl methyl sites for hydroxylation is 3. The van der Waals surface area contributed by atoms with E-state index in [9.17, 15) is 13.2 Å². The predicted molar refractivity (Wildman–Crippen MR) is 119 cm³/mol. The monoisotopic (exact) mass is 429 g/mol. The highest BCUT2D eigenvalue weighted by atomic mass is 32.2. The zero-order valence-corrected chi connectivity index (χ0v) is 18.4. The second kappa shape index (κ2) is 8.34. The van der Waals surface area contributed by atoms with Gasteiger partial charge >= 0.3 is 0 Å².